The predicted octanol–water partition coefficient (Wildman–Crippen LogP) is 3.27. The Morgan fingerprint density at radius 1 is 1.30 bits per heavy atom. The summed E-state index contributed by atoms with van der Waals surface area (Å²) in [5, 5.41) is 15.6. The van der Waals surface area contributed by atoms with Gasteiger partial charge in [-0.15, -0.1) is 11.3 Å². The minimum atomic E-state index is -1.16. The smallest absolute Gasteiger partial charge is 0.305 e. The van der Waals surface area contributed by atoms with Crippen molar-refractivity contribution in [2.45, 2.75) is 13.0 Å². The first-order valence-corrected chi connectivity index (χ1v) is 6.81. The average molecular weight is 298 g/mol. The number of halogens is 2. The highest BCUT2D eigenvalue weighted by Crippen LogP contribution is 2.21. The molecule has 7 heteroatoms. The molecule has 0 amide bonds. The summed E-state index contributed by atoms with van der Waals surface area (Å²) in [7, 11) is 0. The predicted molar refractivity (Wildman–Crippen MR) is 72.7 cm³/mol. The number of hydrogen-bond donors (Lipinski definition) is 1. The summed E-state index contributed by atoms with van der Waals surface area (Å²) >= 11 is 1.63. The molecule has 1 N–H and O–H groups in total. The van der Waals surface area contributed by atoms with Crippen LogP contribution in [0.25, 0.3) is 0 Å². The van der Waals surface area contributed by atoms with Gasteiger partial charge < -0.3 is 5.32 Å². The third kappa shape index (κ3) is 3.58. The summed E-state index contributed by atoms with van der Waals surface area (Å²) < 4.78 is 26.6. The second-order valence-electron chi connectivity index (χ2n) is 4.16. The number of rotatable bonds is 6. The molecular formula is C13H12F2N2O2S. The van der Waals surface area contributed by atoms with Gasteiger partial charge in [0, 0.05) is 35.7 Å². The van der Waals surface area contributed by atoms with E-state index in [1.807, 2.05) is 17.5 Å². The van der Waals surface area contributed by atoms with Crippen LogP contribution in [0.3, 0.4) is 0 Å². The number of hydrogen-bond acceptors (Lipinski definition) is 4. The summed E-state index contributed by atoms with van der Waals surface area (Å²) in [4.78, 5) is 10.9. The summed E-state index contributed by atoms with van der Waals surface area (Å²) in [6.07, 6.45) is 0.794. The lowest BCUT2D eigenvalue weighted by Crippen LogP contribution is -2.17. The molecule has 0 fully saturated rings. The van der Waals surface area contributed by atoms with Crippen LogP contribution in [-0.4, -0.2) is 11.5 Å². The van der Waals surface area contributed by atoms with Crippen LogP contribution in [0.1, 0.15) is 10.4 Å². The molecule has 0 spiro atoms. The number of thiophene rings is 1. The van der Waals surface area contributed by atoms with Gasteiger partial charge in [0.1, 0.15) is 5.82 Å². The maximum Gasteiger partial charge on any atom is 0.305 e. The molecule has 106 valence electrons. The van der Waals surface area contributed by atoms with E-state index in [0.717, 1.165) is 12.5 Å². The lowest BCUT2D eigenvalue weighted by atomic mass is 10.1. The van der Waals surface area contributed by atoms with Crippen LogP contribution in [0, 0.1) is 21.7 Å². The Bertz CT molecular complexity index is 603. The number of nitro groups is 1. The lowest BCUT2D eigenvalue weighted by molar-refractivity contribution is -0.387. The maximum atomic E-state index is 13.5. The highest BCUT2D eigenvalue weighted by Gasteiger charge is 2.18. The molecule has 2 rings (SSSR count). The molecule has 0 atom stereocenters. The Morgan fingerprint density at radius 2 is 2.10 bits per heavy atom. The molecule has 0 unspecified atom stereocenters. The lowest BCUT2D eigenvalue weighted by Gasteiger charge is -2.06. The van der Waals surface area contributed by atoms with Gasteiger partial charge in [-0.3, -0.25) is 10.1 Å². The molecule has 1 heterocycles. The number of nitro benzene ring substituents is 1. The van der Waals surface area contributed by atoms with Crippen molar-refractivity contribution < 1.29 is 13.7 Å². The first-order chi connectivity index (χ1) is 9.58. The second kappa shape index (κ2) is 6.53. The minimum Gasteiger partial charge on any atom is -0.312 e. The topological polar surface area (TPSA) is 55.2 Å². The van der Waals surface area contributed by atoms with Crippen LogP contribution in [0.5, 0.6) is 0 Å². The highest BCUT2D eigenvalue weighted by atomic mass is 32.1. The van der Waals surface area contributed by atoms with Crippen LogP contribution >= 0.6 is 11.3 Å². The third-order valence-corrected chi connectivity index (χ3v) is 3.69. The first kappa shape index (κ1) is 14.5. The second-order valence-corrected chi connectivity index (χ2v) is 5.19. The van der Waals surface area contributed by atoms with Gasteiger partial charge in [0.2, 0.25) is 5.82 Å². The summed E-state index contributed by atoms with van der Waals surface area (Å²) in [6.45, 7) is 0.740. The molecule has 0 radical (unpaired) electrons. The number of nitrogens with zero attached hydrogens (tertiary/aromatic N) is 1. The summed E-state index contributed by atoms with van der Waals surface area (Å²) in [6, 6.07) is 5.43. The van der Waals surface area contributed by atoms with E-state index in [0.29, 0.717) is 12.6 Å². The largest absolute Gasteiger partial charge is 0.312 e. The van der Waals surface area contributed by atoms with Crippen molar-refractivity contribution in [1.82, 2.24) is 5.32 Å². The van der Waals surface area contributed by atoms with Crippen LogP contribution < -0.4 is 5.32 Å². The molecule has 1 aromatic carbocycles. The van der Waals surface area contributed by atoms with E-state index in [2.05, 4.69) is 5.32 Å². The zero-order valence-electron chi connectivity index (χ0n) is 10.4. The van der Waals surface area contributed by atoms with E-state index in [1.165, 1.54) is 4.88 Å². The Morgan fingerprint density at radius 3 is 2.75 bits per heavy atom. The van der Waals surface area contributed by atoms with Gasteiger partial charge in [0.25, 0.3) is 0 Å². The highest BCUT2D eigenvalue weighted by molar-refractivity contribution is 7.09. The maximum absolute atomic E-state index is 13.5. The van der Waals surface area contributed by atoms with Gasteiger partial charge in [-0.2, -0.15) is 4.39 Å². The van der Waals surface area contributed by atoms with Crippen molar-refractivity contribution >= 4 is 17.0 Å². The van der Waals surface area contributed by atoms with Crippen LogP contribution in [0.15, 0.2) is 29.6 Å². The van der Waals surface area contributed by atoms with Gasteiger partial charge >= 0.3 is 5.69 Å². The zero-order chi connectivity index (χ0) is 14.5. The van der Waals surface area contributed by atoms with Crippen molar-refractivity contribution in [2.75, 3.05) is 6.54 Å². The molecule has 0 bridgehead atoms. The average Bonchev–Trinajstić information content (AvgIpc) is 2.89. The van der Waals surface area contributed by atoms with Crippen LogP contribution in [-0.2, 0) is 13.0 Å². The Kier molecular flexibility index (Phi) is 4.75. The van der Waals surface area contributed by atoms with E-state index in [1.54, 1.807) is 11.3 Å². The number of benzene rings is 1. The normalized spacial score (nSPS) is 10.7. The molecule has 0 aliphatic heterocycles. The van der Waals surface area contributed by atoms with Crippen LogP contribution in [0.4, 0.5) is 14.5 Å². The van der Waals surface area contributed by atoms with Gasteiger partial charge in [-0.1, -0.05) is 6.07 Å². The van der Waals surface area contributed by atoms with Crippen molar-refractivity contribution in [3.8, 4) is 0 Å². The molecule has 0 aliphatic rings. The monoisotopic (exact) mass is 298 g/mol. The van der Waals surface area contributed by atoms with E-state index in [-0.39, 0.29) is 12.1 Å². The minimum absolute atomic E-state index is 0.0873. The Labute approximate surface area is 118 Å². The first-order valence-electron chi connectivity index (χ1n) is 5.93. The third-order valence-electron chi connectivity index (χ3n) is 2.76. The molecule has 0 aliphatic carbocycles. The fourth-order valence-corrected chi connectivity index (χ4v) is 2.45. The fraction of sp³-hybridized carbons (Fsp3) is 0.231. The standard InChI is InChI=1S/C13H12F2N2O2S/c14-11-7-12(15)13(17(18)19)6-9(11)8-16-4-3-10-2-1-5-20-10/h1-2,5-7,16H,3-4,8H2. The van der Waals surface area contributed by atoms with Crippen molar-refractivity contribution in [2.24, 2.45) is 0 Å². The van der Waals surface area contributed by atoms with E-state index >= 15 is 0 Å². The SMILES string of the molecule is O=[N+]([O-])c1cc(CNCCc2cccs2)c(F)cc1F. The van der Waals surface area contributed by atoms with Gasteiger partial charge in [-0.05, 0) is 17.9 Å². The zero-order valence-corrected chi connectivity index (χ0v) is 11.3. The van der Waals surface area contributed by atoms with Crippen molar-refractivity contribution in [1.29, 1.82) is 0 Å². The van der Waals surface area contributed by atoms with Gasteiger partial charge in [0.05, 0.1) is 4.92 Å². The Balaban J connectivity index is 1.95. The molecule has 20 heavy (non-hydrogen) atoms. The van der Waals surface area contributed by atoms with Gasteiger partial charge in [0.15, 0.2) is 0 Å². The van der Waals surface area contributed by atoms with Gasteiger partial charge in [-0.25, -0.2) is 4.39 Å². The molecule has 2 aromatic rings. The molecule has 1 aromatic heterocycles. The molecule has 0 saturated heterocycles. The molecule has 0 saturated carbocycles. The summed E-state index contributed by atoms with van der Waals surface area (Å²) in [5.41, 5.74) is -0.620. The van der Waals surface area contributed by atoms with Crippen molar-refractivity contribution in [3.63, 3.8) is 0 Å². The quantitative estimate of drug-likeness (QED) is 0.506. The molecule has 4 nitrogen and oxygen atoms in total. The molecular weight excluding hydrogens is 286 g/mol. The van der Waals surface area contributed by atoms with Crippen LogP contribution in [0.2, 0.25) is 0 Å². The van der Waals surface area contributed by atoms with E-state index in [4.69, 9.17) is 0 Å². The summed E-state index contributed by atoms with van der Waals surface area (Å²) in [5.74, 6) is -1.94. The van der Waals surface area contributed by atoms with E-state index in [9.17, 15) is 18.9 Å². The van der Waals surface area contributed by atoms with Crippen molar-refractivity contribution in [3.05, 3.63) is 61.8 Å². The Hall–Kier alpha value is -1.86. The van der Waals surface area contributed by atoms with E-state index < -0.39 is 22.2 Å². The fourth-order valence-electron chi connectivity index (χ4n) is 1.75. The number of nitrogens with one attached hydrogen (secondary N) is 1.